The van der Waals surface area contributed by atoms with Crippen LogP contribution in [0.2, 0.25) is 0 Å². The summed E-state index contributed by atoms with van der Waals surface area (Å²) in [5.41, 5.74) is 3.71. The second-order valence-electron chi connectivity index (χ2n) is 6.73. The van der Waals surface area contributed by atoms with Crippen LogP contribution in [0, 0.1) is 0 Å². The van der Waals surface area contributed by atoms with Gasteiger partial charge in [-0.3, -0.25) is 9.89 Å². The van der Waals surface area contributed by atoms with Crippen LogP contribution in [-0.4, -0.2) is 49.9 Å². The predicted octanol–water partition coefficient (Wildman–Crippen LogP) is 3.74. The summed E-state index contributed by atoms with van der Waals surface area (Å²) in [5.74, 6) is 1.30. The molecule has 3 aromatic heterocycles. The highest BCUT2D eigenvalue weighted by atomic mass is 32.1. The fourth-order valence-electron chi connectivity index (χ4n) is 3.32. The van der Waals surface area contributed by atoms with Crippen molar-refractivity contribution >= 4 is 34.2 Å². The van der Waals surface area contributed by atoms with Crippen LogP contribution in [0.4, 0.5) is 5.69 Å². The van der Waals surface area contributed by atoms with Crippen molar-refractivity contribution in [3.63, 3.8) is 0 Å². The second-order valence-corrected chi connectivity index (χ2v) is 7.48. The highest BCUT2D eigenvalue weighted by molar-refractivity contribution is 7.08. The van der Waals surface area contributed by atoms with E-state index in [1.54, 1.807) is 32.5 Å². The van der Waals surface area contributed by atoms with Gasteiger partial charge in [-0.05, 0) is 11.5 Å². The number of benzene rings is 2. The summed E-state index contributed by atoms with van der Waals surface area (Å²) in [6.45, 7) is 0. The minimum absolute atomic E-state index is 0.332. The number of aromatic nitrogens is 6. The van der Waals surface area contributed by atoms with Crippen molar-refractivity contribution in [2.24, 2.45) is 0 Å². The van der Waals surface area contributed by atoms with Crippen molar-refractivity contribution in [1.82, 2.24) is 29.8 Å². The molecule has 0 saturated carbocycles. The van der Waals surface area contributed by atoms with E-state index in [-0.39, 0.29) is 5.91 Å². The molecule has 0 atom stereocenters. The Bertz CT molecular complexity index is 1370. The molecular weight excluding hydrogens is 430 g/mol. The van der Waals surface area contributed by atoms with E-state index in [4.69, 9.17) is 9.47 Å². The number of anilines is 1. The maximum atomic E-state index is 13.0. The molecule has 32 heavy (non-hydrogen) atoms. The Morgan fingerprint density at radius 3 is 2.62 bits per heavy atom. The zero-order valence-corrected chi connectivity index (χ0v) is 17.9. The number of methoxy groups -OCH3 is 2. The number of fused-ring (bicyclic) bond motifs is 1. The van der Waals surface area contributed by atoms with Gasteiger partial charge in [0.2, 0.25) is 0 Å². The molecule has 11 heteroatoms. The highest BCUT2D eigenvalue weighted by Gasteiger charge is 2.21. The highest BCUT2D eigenvalue weighted by Crippen LogP contribution is 2.33. The third-order valence-corrected chi connectivity index (χ3v) is 5.57. The maximum absolute atomic E-state index is 13.0. The van der Waals surface area contributed by atoms with Crippen LogP contribution in [0.5, 0.6) is 11.5 Å². The zero-order chi connectivity index (χ0) is 22.1. The summed E-state index contributed by atoms with van der Waals surface area (Å²) in [4.78, 5) is 21.2. The van der Waals surface area contributed by atoms with Gasteiger partial charge >= 0.3 is 0 Å². The summed E-state index contributed by atoms with van der Waals surface area (Å²) < 4.78 is 14.6. The lowest BCUT2D eigenvalue weighted by Crippen LogP contribution is -2.11. The number of aromatic amines is 2. The molecule has 3 N–H and O–H groups in total. The number of nitrogens with zero attached hydrogens (tertiary/aromatic N) is 4. The van der Waals surface area contributed by atoms with Crippen LogP contribution < -0.4 is 14.8 Å². The number of nitrogens with one attached hydrogen (secondary N) is 3. The number of rotatable bonds is 6. The Balaban J connectivity index is 1.46. The second kappa shape index (κ2) is 8.12. The van der Waals surface area contributed by atoms with Crippen LogP contribution in [0.3, 0.4) is 0 Å². The van der Waals surface area contributed by atoms with Gasteiger partial charge in [-0.25, -0.2) is 4.98 Å². The fourth-order valence-corrected chi connectivity index (χ4v) is 3.90. The molecular formula is C21H17N7O3S. The van der Waals surface area contributed by atoms with E-state index < -0.39 is 0 Å². The average molecular weight is 447 g/mol. The van der Waals surface area contributed by atoms with E-state index in [1.165, 1.54) is 0 Å². The van der Waals surface area contributed by atoms with Gasteiger partial charge in [-0.2, -0.15) is 5.10 Å². The molecule has 3 heterocycles. The number of hydrogen-bond acceptors (Lipinski definition) is 8. The molecule has 2 aromatic carbocycles. The number of imidazole rings is 1. The predicted molar refractivity (Wildman–Crippen MR) is 120 cm³/mol. The third-order valence-electron chi connectivity index (χ3n) is 4.84. The van der Waals surface area contributed by atoms with Crippen LogP contribution in [0.15, 0.2) is 48.7 Å². The fraction of sp³-hybridized carbons (Fsp3) is 0.0952. The number of carbonyl (C=O) groups excluding carboxylic acids is 1. The monoisotopic (exact) mass is 447 g/mol. The minimum atomic E-state index is -0.332. The van der Waals surface area contributed by atoms with Gasteiger partial charge in [0, 0.05) is 23.9 Å². The lowest BCUT2D eigenvalue weighted by molar-refractivity contribution is 0.103. The quantitative estimate of drug-likeness (QED) is 0.361. The van der Waals surface area contributed by atoms with E-state index in [0.717, 1.165) is 22.6 Å². The maximum Gasteiger partial charge on any atom is 0.269 e. The number of hydrogen-bond donors (Lipinski definition) is 3. The van der Waals surface area contributed by atoms with Crippen molar-refractivity contribution in [3.8, 4) is 34.3 Å². The van der Waals surface area contributed by atoms with Gasteiger partial charge in [0.15, 0.2) is 23.0 Å². The lowest BCUT2D eigenvalue weighted by Gasteiger charge is -2.06. The number of H-pyrrole nitrogens is 2. The number of carbonyl (C=O) groups is 1. The summed E-state index contributed by atoms with van der Waals surface area (Å²) in [5, 5.41) is 14.0. The van der Waals surface area contributed by atoms with Crippen molar-refractivity contribution in [1.29, 1.82) is 0 Å². The largest absolute Gasteiger partial charge is 0.493 e. The Morgan fingerprint density at radius 2 is 1.84 bits per heavy atom. The minimum Gasteiger partial charge on any atom is -0.493 e. The lowest BCUT2D eigenvalue weighted by atomic mass is 10.1. The van der Waals surface area contributed by atoms with Gasteiger partial charge in [-0.15, -0.1) is 5.10 Å². The van der Waals surface area contributed by atoms with Gasteiger partial charge in [0.05, 0.1) is 30.9 Å². The van der Waals surface area contributed by atoms with Gasteiger partial charge in [0.25, 0.3) is 5.91 Å². The van der Waals surface area contributed by atoms with E-state index in [1.807, 2.05) is 30.3 Å². The van der Waals surface area contributed by atoms with Crippen LogP contribution in [-0.2, 0) is 0 Å². The number of amides is 1. The van der Waals surface area contributed by atoms with Gasteiger partial charge < -0.3 is 19.8 Å². The molecule has 0 aliphatic rings. The van der Waals surface area contributed by atoms with E-state index in [9.17, 15) is 4.79 Å². The Kier molecular flexibility index (Phi) is 5.00. The molecule has 0 bridgehead atoms. The summed E-state index contributed by atoms with van der Waals surface area (Å²) in [6, 6.07) is 13.0. The summed E-state index contributed by atoms with van der Waals surface area (Å²) in [6.07, 6.45) is 1.60. The molecule has 0 spiro atoms. The molecule has 0 unspecified atom stereocenters. The molecule has 0 radical (unpaired) electrons. The topological polar surface area (TPSA) is 131 Å². The first-order valence-corrected chi connectivity index (χ1v) is 10.3. The molecule has 0 aliphatic heterocycles. The molecule has 10 nitrogen and oxygen atoms in total. The molecule has 5 aromatic rings. The van der Waals surface area contributed by atoms with E-state index in [0.29, 0.717) is 44.8 Å². The first kappa shape index (κ1) is 19.7. The molecule has 0 aliphatic carbocycles. The standard InChI is InChI=1S/C21H17N7O3S/c1-30-15-8-12-13(9-16(15)31-2)24-20(23-12)18-14(10-22-26-18)25-21(29)19-17(27-28-32-19)11-6-4-3-5-7-11/h3-10H,1-2H3,(H,22,26)(H,23,24)(H,25,29). The van der Waals surface area contributed by atoms with Crippen LogP contribution >= 0.6 is 11.5 Å². The SMILES string of the molecule is COc1cc2nc(-c3n[nH]cc3NC(=O)c3snnc3-c3ccccc3)[nH]c2cc1OC. The molecule has 0 fully saturated rings. The third kappa shape index (κ3) is 3.44. The first-order chi connectivity index (χ1) is 15.7. The number of ether oxygens (including phenoxy) is 2. The molecule has 1 amide bonds. The first-order valence-electron chi connectivity index (χ1n) is 9.53. The normalized spacial score (nSPS) is 10.9. The van der Waals surface area contributed by atoms with Crippen molar-refractivity contribution < 1.29 is 14.3 Å². The molecule has 5 rings (SSSR count). The van der Waals surface area contributed by atoms with Crippen LogP contribution in [0.1, 0.15) is 9.67 Å². The summed E-state index contributed by atoms with van der Waals surface area (Å²) in [7, 11) is 3.14. The molecule has 160 valence electrons. The van der Waals surface area contributed by atoms with Crippen molar-refractivity contribution in [2.75, 3.05) is 19.5 Å². The van der Waals surface area contributed by atoms with Crippen molar-refractivity contribution in [3.05, 3.63) is 53.5 Å². The van der Waals surface area contributed by atoms with Gasteiger partial charge in [0.1, 0.15) is 10.6 Å². The Labute approximate surface area is 185 Å². The van der Waals surface area contributed by atoms with Crippen LogP contribution in [0.25, 0.3) is 33.8 Å². The zero-order valence-electron chi connectivity index (χ0n) is 17.0. The molecule has 0 saturated heterocycles. The average Bonchev–Trinajstić information content (AvgIpc) is 3.57. The smallest absolute Gasteiger partial charge is 0.269 e. The Hall–Kier alpha value is -4.25. The van der Waals surface area contributed by atoms with Gasteiger partial charge in [-0.1, -0.05) is 34.8 Å². The van der Waals surface area contributed by atoms with E-state index in [2.05, 4.69) is 35.1 Å². The van der Waals surface area contributed by atoms with Crippen molar-refractivity contribution in [2.45, 2.75) is 0 Å². The van der Waals surface area contributed by atoms with E-state index >= 15 is 0 Å². The Morgan fingerprint density at radius 1 is 1.06 bits per heavy atom. The summed E-state index contributed by atoms with van der Waals surface area (Å²) >= 11 is 1.03.